The Hall–Kier alpha value is -1.26. The van der Waals surface area contributed by atoms with Crippen LogP contribution < -0.4 is 5.56 Å². The van der Waals surface area contributed by atoms with Crippen LogP contribution in [0.5, 0.6) is 0 Å². The molecule has 3 nitrogen and oxygen atoms in total. The smallest absolute Gasteiger partial charge is 0.250 e. The first-order valence-corrected chi connectivity index (χ1v) is 4.90. The summed E-state index contributed by atoms with van der Waals surface area (Å²) in [7, 11) is 0. The fourth-order valence-corrected chi connectivity index (χ4v) is 3.03. The Labute approximate surface area is 84.5 Å². The fraction of sp³-hybridized carbons (Fsp3) is 0.600. The van der Waals surface area contributed by atoms with E-state index in [0.717, 1.165) is 0 Å². The molecule has 1 aromatic heterocycles. The van der Waals surface area contributed by atoms with Crippen LogP contribution in [0.2, 0.25) is 0 Å². The topological polar surface area (TPSA) is 45.8 Å². The molecule has 0 amide bonds. The van der Waals surface area contributed by atoms with E-state index < -0.39 is 11.8 Å². The summed E-state index contributed by atoms with van der Waals surface area (Å²) >= 11 is 0. The molecule has 3 saturated carbocycles. The summed E-state index contributed by atoms with van der Waals surface area (Å²) in [5.41, 5.74) is -0.515. The molecule has 1 heterocycles. The van der Waals surface area contributed by atoms with Gasteiger partial charge in [-0.2, -0.15) is 0 Å². The second-order valence-electron chi connectivity index (χ2n) is 4.77. The molecule has 0 saturated heterocycles. The highest BCUT2D eigenvalue weighted by molar-refractivity contribution is 5.34. The van der Waals surface area contributed by atoms with Crippen LogP contribution in [0.3, 0.4) is 0 Å². The van der Waals surface area contributed by atoms with Crippen LogP contribution in [0.25, 0.3) is 0 Å². The van der Waals surface area contributed by atoms with E-state index >= 15 is 0 Å². The Morgan fingerprint density at radius 2 is 2.07 bits per heavy atom. The number of nitrogens with zero attached hydrogens (tertiary/aromatic N) is 1. The summed E-state index contributed by atoms with van der Waals surface area (Å²) in [4.78, 5) is 17.6. The lowest BCUT2D eigenvalue weighted by atomic mass is 9.34. The van der Waals surface area contributed by atoms with Crippen molar-refractivity contribution in [1.82, 2.24) is 9.97 Å². The third-order valence-electron chi connectivity index (χ3n) is 3.76. The van der Waals surface area contributed by atoms with Gasteiger partial charge >= 0.3 is 0 Å². The lowest BCUT2D eigenvalue weighted by Gasteiger charge is -2.69. The molecular weight excluding hydrogens is 202 g/mol. The van der Waals surface area contributed by atoms with Gasteiger partial charge in [0, 0.05) is 16.9 Å². The van der Waals surface area contributed by atoms with Crippen LogP contribution in [0.4, 0.5) is 8.78 Å². The van der Waals surface area contributed by atoms with Crippen LogP contribution in [-0.4, -0.2) is 16.4 Å². The van der Waals surface area contributed by atoms with Crippen LogP contribution in [-0.2, 0) is 5.41 Å². The number of halogens is 2. The van der Waals surface area contributed by atoms with Gasteiger partial charge in [-0.15, -0.1) is 0 Å². The zero-order valence-electron chi connectivity index (χ0n) is 7.96. The van der Waals surface area contributed by atoms with E-state index in [2.05, 4.69) is 9.97 Å². The molecule has 0 aliphatic heterocycles. The highest BCUT2D eigenvalue weighted by Gasteiger charge is 2.73. The summed E-state index contributed by atoms with van der Waals surface area (Å²) in [5.74, 6) is 0. The van der Waals surface area contributed by atoms with Gasteiger partial charge in [-0.1, -0.05) is 0 Å². The Balaban J connectivity index is 1.87. The van der Waals surface area contributed by atoms with Gasteiger partial charge in [0.05, 0.1) is 12.0 Å². The maximum Gasteiger partial charge on any atom is 0.250 e. The molecule has 5 heteroatoms. The lowest BCUT2D eigenvalue weighted by molar-refractivity contribution is -0.223. The average Bonchev–Trinajstić information content (AvgIpc) is 1.97. The van der Waals surface area contributed by atoms with E-state index in [1.54, 1.807) is 0 Å². The van der Waals surface area contributed by atoms with Crippen molar-refractivity contribution < 1.29 is 8.78 Å². The molecule has 1 N–H and O–H groups in total. The van der Waals surface area contributed by atoms with Crippen molar-refractivity contribution in [2.75, 3.05) is 0 Å². The fourth-order valence-electron chi connectivity index (χ4n) is 3.03. The van der Waals surface area contributed by atoms with Crippen molar-refractivity contribution in [3.63, 3.8) is 0 Å². The third kappa shape index (κ3) is 0.979. The largest absolute Gasteiger partial charge is 0.313 e. The molecule has 3 aliphatic rings. The summed E-state index contributed by atoms with van der Waals surface area (Å²) in [6.07, 6.45) is 0.546. The minimum absolute atomic E-state index is 0.212. The Morgan fingerprint density at radius 1 is 1.40 bits per heavy atom. The number of H-pyrrole nitrogens is 1. The zero-order valence-corrected chi connectivity index (χ0v) is 7.96. The predicted molar refractivity (Wildman–Crippen MR) is 48.8 cm³/mol. The molecule has 15 heavy (non-hydrogen) atoms. The van der Waals surface area contributed by atoms with E-state index in [9.17, 15) is 13.6 Å². The monoisotopic (exact) mass is 212 g/mol. The molecule has 0 aromatic carbocycles. The van der Waals surface area contributed by atoms with Crippen molar-refractivity contribution in [1.29, 1.82) is 0 Å². The standard InChI is InChI=1S/C10H10F2N2O/c11-8(12)10-2-9(3-10,4-10)6-1-7(15)14-5-13-6/h1,5,8H,2-4H2,(H,13,14,15). The Kier molecular flexibility index (Phi) is 1.47. The summed E-state index contributed by atoms with van der Waals surface area (Å²) in [6.45, 7) is 0. The van der Waals surface area contributed by atoms with Crippen LogP contribution in [0.1, 0.15) is 25.0 Å². The second kappa shape index (κ2) is 2.46. The van der Waals surface area contributed by atoms with Gasteiger partial charge in [0.25, 0.3) is 5.56 Å². The van der Waals surface area contributed by atoms with Gasteiger partial charge in [-0.25, -0.2) is 13.8 Å². The molecule has 0 atom stereocenters. The highest BCUT2D eigenvalue weighted by atomic mass is 19.3. The Morgan fingerprint density at radius 3 is 2.60 bits per heavy atom. The van der Waals surface area contributed by atoms with E-state index in [-0.39, 0.29) is 11.0 Å². The molecule has 0 spiro atoms. The van der Waals surface area contributed by atoms with E-state index in [1.165, 1.54) is 12.4 Å². The van der Waals surface area contributed by atoms with Gasteiger partial charge < -0.3 is 4.98 Å². The van der Waals surface area contributed by atoms with Crippen LogP contribution >= 0.6 is 0 Å². The quantitative estimate of drug-likeness (QED) is 0.806. The SMILES string of the molecule is O=c1cc(C23CC(C(F)F)(C2)C3)nc[nH]1. The van der Waals surface area contributed by atoms with Gasteiger partial charge in [0.1, 0.15) is 0 Å². The summed E-state index contributed by atoms with van der Waals surface area (Å²) < 4.78 is 25.2. The Bertz CT molecular complexity index is 449. The predicted octanol–water partition coefficient (Wildman–Crippen LogP) is 1.46. The zero-order chi connectivity index (χ0) is 10.7. The van der Waals surface area contributed by atoms with Crippen molar-refractivity contribution in [3.05, 3.63) is 28.4 Å². The third-order valence-corrected chi connectivity index (χ3v) is 3.76. The average molecular weight is 212 g/mol. The lowest BCUT2D eigenvalue weighted by Crippen LogP contribution is -2.68. The van der Waals surface area contributed by atoms with Gasteiger partial charge in [-0.05, 0) is 19.3 Å². The number of aromatic nitrogens is 2. The van der Waals surface area contributed by atoms with E-state index in [0.29, 0.717) is 25.0 Å². The molecule has 80 valence electrons. The molecule has 2 bridgehead atoms. The second-order valence-corrected chi connectivity index (χ2v) is 4.77. The van der Waals surface area contributed by atoms with Crippen molar-refractivity contribution in [2.45, 2.75) is 31.1 Å². The maximum absolute atomic E-state index is 12.6. The van der Waals surface area contributed by atoms with Gasteiger partial charge in [-0.3, -0.25) is 4.79 Å². The number of hydrogen-bond donors (Lipinski definition) is 1. The summed E-state index contributed by atoms with van der Waals surface area (Å²) in [6, 6.07) is 1.43. The molecular formula is C10H10F2N2O. The van der Waals surface area contributed by atoms with Crippen LogP contribution in [0.15, 0.2) is 17.2 Å². The first-order valence-electron chi connectivity index (χ1n) is 4.90. The van der Waals surface area contributed by atoms with Gasteiger partial charge in [0.15, 0.2) is 0 Å². The minimum Gasteiger partial charge on any atom is -0.313 e. The number of aromatic amines is 1. The molecule has 4 rings (SSSR count). The molecule has 0 radical (unpaired) electrons. The maximum atomic E-state index is 12.6. The number of hydrogen-bond acceptors (Lipinski definition) is 2. The van der Waals surface area contributed by atoms with E-state index in [1.807, 2.05) is 0 Å². The number of nitrogens with one attached hydrogen (secondary N) is 1. The normalized spacial score (nSPS) is 37.3. The summed E-state index contributed by atoms with van der Waals surface area (Å²) in [5, 5.41) is 0. The first kappa shape index (κ1) is 9.00. The minimum atomic E-state index is -2.23. The molecule has 3 fully saturated rings. The molecule has 1 aromatic rings. The number of rotatable bonds is 2. The number of alkyl halides is 2. The van der Waals surface area contributed by atoms with Crippen molar-refractivity contribution in [3.8, 4) is 0 Å². The molecule has 0 unspecified atom stereocenters. The molecule has 3 aliphatic carbocycles. The van der Waals surface area contributed by atoms with E-state index in [4.69, 9.17) is 0 Å². The van der Waals surface area contributed by atoms with Crippen LogP contribution in [0, 0.1) is 5.41 Å². The van der Waals surface area contributed by atoms with Crippen molar-refractivity contribution in [2.24, 2.45) is 5.41 Å². The van der Waals surface area contributed by atoms with Crippen molar-refractivity contribution >= 4 is 0 Å². The highest BCUT2D eigenvalue weighted by Crippen LogP contribution is 2.75. The van der Waals surface area contributed by atoms with Gasteiger partial charge in [0.2, 0.25) is 6.43 Å². The first-order chi connectivity index (χ1) is 7.06.